The lowest BCUT2D eigenvalue weighted by atomic mass is 10.1. The fourth-order valence-corrected chi connectivity index (χ4v) is 2.96. The topological polar surface area (TPSA) is 66.4 Å². The van der Waals surface area contributed by atoms with E-state index in [1.807, 2.05) is 0 Å². The zero-order valence-electron chi connectivity index (χ0n) is 10.3. The zero-order valence-corrected chi connectivity index (χ0v) is 11.1. The molecule has 1 aromatic carbocycles. The number of benzene rings is 1. The molecule has 0 aliphatic carbocycles. The summed E-state index contributed by atoms with van der Waals surface area (Å²) in [6.07, 6.45) is 0.719. The maximum absolute atomic E-state index is 12.7. The Bertz CT molecular complexity index is 459. The van der Waals surface area contributed by atoms with E-state index >= 15 is 0 Å². The predicted octanol–water partition coefficient (Wildman–Crippen LogP) is 1.06. The molecule has 2 N–H and O–H groups in total. The van der Waals surface area contributed by atoms with Crippen molar-refractivity contribution in [3.05, 3.63) is 35.6 Å². The van der Waals surface area contributed by atoms with Crippen LogP contribution in [0.15, 0.2) is 24.3 Å². The molecule has 4 nitrogen and oxygen atoms in total. The summed E-state index contributed by atoms with van der Waals surface area (Å²) < 4.78 is 38.3. The average molecular weight is 275 g/mol. The molecule has 0 radical (unpaired) electrons. The molecule has 0 heterocycles. The lowest BCUT2D eigenvalue weighted by molar-refractivity contribution is 0.295. The lowest BCUT2D eigenvalue weighted by Gasteiger charge is -2.14. The molecule has 0 aliphatic heterocycles. The van der Waals surface area contributed by atoms with Gasteiger partial charge in [-0.25, -0.2) is 17.5 Å². The third-order valence-electron chi connectivity index (χ3n) is 2.41. The minimum Gasteiger partial charge on any atom is -0.396 e. The van der Waals surface area contributed by atoms with Gasteiger partial charge in [0, 0.05) is 12.6 Å². The van der Waals surface area contributed by atoms with Gasteiger partial charge in [-0.05, 0) is 37.5 Å². The summed E-state index contributed by atoms with van der Waals surface area (Å²) in [6, 6.07) is 5.70. The van der Waals surface area contributed by atoms with E-state index in [9.17, 15) is 12.8 Å². The Kier molecular flexibility index (Phi) is 5.71. The molecule has 1 aromatic rings. The Balaban J connectivity index is 2.51. The number of hydrogen-bond acceptors (Lipinski definition) is 3. The number of halogens is 1. The van der Waals surface area contributed by atoms with Crippen molar-refractivity contribution in [3.63, 3.8) is 0 Å². The van der Waals surface area contributed by atoms with Gasteiger partial charge in [0.15, 0.2) is 0 Å². The van der Waals surface area contributed by atoms with Crippen LogP contribution in [0.25, 0.3) is 0 Å². The Morgan fingerprint density at radius 1 is 1.33 bits per heavy atom. The average Bonchev–Trinajstić information content (AvgIpc) is 2.29. The molecule has 0 saturated carbocycles. The molecule has 0 fully saturated rings. The summed E-state index contributed by atoms with van der Waals surface area (Å²) in [6.45, 7) is 1.60. The normalized spacial score (nSPS) is 13.5. The van der Waals surface area contributed by atoms with Gasteiger partial charge in [-0.15, -0.1) is 0 Å². The SMILES string of the molecule is CC(Cc1ccc(F)cc1)NS(=O)(=O)CCCO. The highest BCUT2D eigenvalue weighted by Gasteiger charge is 2.14. The van der Waals surface area contributed by atoms with E-state index in [-0.39, 0.29) is 30.6 Å². The highest BCUT2D eigenvalue weighted by Crippen LogP contribution is 2.06. The van der Waals surface area contributed by atoms with Crippen LogP contribution < -0.4 is 4.72 Å². The van der Waals surface area contributed by atoms with E-state index in [0.717, 1.165) is 5.56 Å². The molecule has 1 rings (SSSR count). The molecule has 0 saturated heterocycles. The van der Waals surface area contributed by atoms with Crippen LogP contribution in [0.2, 0.25) is 0 Å². The van der Waals surface area contributed by atoms with Crippen LogP contribution in [0.3, 0.4) is 0 Å². The molecule has 1 atom stereocenters. The second-order valence-corrected chi connectivity index (χ2v) is 6.12. The molecule has 6 heteroatoms. The lowest BCUT2D eigenvalue weighted by Crippen LogP contribution is -2.35. The first-order chi connectivity index (χ1) is 8.43. The van der Waals surface area contributed by atoms with Crippen LogP contribution in [-0.4, -0.2) is 31.9 Å². The van der Waals surface area contributed by atoms with E-state index in [1.54, 1.807) is 19.1 Å². The van der Waals surface area contributed by atoms with Gasteiger partial charge in [-0.2, -0.15) is 0 Å². The van der Waals surface area contributed by atoms with Gasteiger partial charge < -0.3 is 5.11 Å². The minimum absolute atomic E-state index is 0.0861. The van der Waals surface area contributed by atoms with Crippen LogP contribution in [0, 0.1) is 5.82 Å². The Hall–Kier alpha value is -0.980. The first-order valence-corrected chi connectivity index (χ1v) is 7.43. The smallest absolute Gasteiger partial charge is 0.211 e. The molecule has 1 unspecified atom stereocenters. The van der Waals surface area contributed by atoms with E-state index in [1.165, 1.54) is 12.1 Å². The molecule has 0 aliphatic rings. The van der Waals surface area contributed by atoms with Gasteiger partial charge in [-0.3, -0.25) is 0 Å². The molecule has 0 spiro atoms. The van der Waals surface area contributed by atoms with Crippen molar-refractivity contribution in [2.45, 2.75) is 25.8 Å². The minimum atomic E-state index is -3.36. The van der Waals surface area contributed by atoms with Gasteiger partial charge in [0.25, 0.3) is 0 Å². The van der Waals surface area contributed by atoms with Crippen LogP contribution in [0.4, 0.5) is 4.39 Å². The van der Waals surface area contributed by atoms with Crippen molar-refractivity contribution in [1.82, 2.24) is 4.72 Å². The van der Waals surface area contributed by atoms with Crippen LogP contribution in [0.1, 0.15) is 18.9 Å². The summed E-state index contributed by atoms with van der Waals surface area (Å²) >= 11 is 0. The third kappa shape index (κ3) is 5.57. The second kappa shape index (κ2) is 6.82. The zero-order chi connectivity index (χ0) is 13.6. The quantitative estimate of drug-likeness (QED) is 0.782. The van der Waals surface area contributed by atoms with Crippen LogP contribution in [-0.2, 0) is 16.4 Å². The van der Waals surface area contributed by atoms with Crippen molar-refractivity contribution in [1.29, 1.82) is 0 Å². The second-order valence-electron chi connectivity index (χ2n) is 4.25. The standard InChI is InChI=1S/C12H18FNO3S/c1-10(14-18(16,17)8-2-7-15)9-11-3-5-12(13)6-4-11/h3-6,10,14-15H,2,7-9H2,1H3. The van der Waals surface area contributed by atoms with E-state index in [2.05, 4.69) is 4.72 Å². The van der Waals surface area contributed by atoms with Gasteiger partial charge in [0.2, 0.25) is 10.0 Å². The largest absolute Gasteiger partial charge is 0.396 e. The summed E-state index contributed by atoms with van der Waals surface area (Å²) in [4.78, 5) is 0. The van der Waals surface area contributed by atoms with Gasteiger partial charge >= 0.3 is 0 Å². The first kappa shape index (κ1) is 15.1. The van der Waals surface area contributed by atoms with Gasteiger partial charge in [0.05, 0.1) is 5.75 Å². The third-order valence-corrected chi connectivity index (χ3v) is 3.99. The van der Waals surface area contributed by atoms with E-state index < -0.39 is 10.0 Å². The highest BCUT2D eigenvalue weighted by atomic mass is 32.2. The monoisotopic (exact) mass is 275 g/mol. The molecular formula is C12H18FNO3S. The van der Waals surface area contributed by atoms with Crippen molar-refractivity contribution in [3.8, 4) is 0 Å². The highest BCUT2D eigenvalue weighted by molar-refractivity contribution is 7.89. The summed E-state index contributed by atoms with van der Waals surface area (Å²) in [5, 5.41) is 8.60. The van der Waals surface area contributed by atoms with Crippen LogP contribution in [0.5, 0.6) is 0 Å². The van der Waals surface area contributed by atoms with E-state index in [0.29, 0.717) is 6.42 Å². The molecule has 0 bridgehead atoms. The molecular weight excluding hydrogens is 257 g/mol. The number of aliphatic hydroxyl groups is 1. The summed E-state index contributed by atoms with van der Waals surface area (Å²) in [7, 11) is -3.36. The Labute approximate surface area is 107 Å². The number of nitrogens with one attached hydrogen (secondary N) is 1. The van der Waals surface area contributed by atoms with Gasteiger partial charge in [-0.1, -0.05) is 12.1 Å². The number of hydrogen-bond donors (Lipinski definition) is 2. The molecule has 18 heavy (non-hydrogen) atoms. The Morgan fingerprint density at radius 3 is 2.50 bits per heavy atom. The van der Waals surface area contributed by atoms with Crippen molar-refractivity contribution >= 4 is 10.0 Å². The number of aliphatic hydroxyl groups excluding tert-OH is 1. The summed E-state index contributed by atoms with van der Waals surface area (Å²) in [5.74, 6) is -0.396. The summed E-state index contributed by atoms with van der Waals surface area (Å²) in [5.41, 5.74) is 0.869. The van der Waals surface area contributed by atoms with Crippen molar-refractivity contribution < 1.29 is 17.9 Å². The maximum Gasteiger partial charge on any atom is 0.211 e. The maximum atomic E-state index is 12.7. The molecule has 0 amide bonds. The van der Waals surface area contributed by atoms with E-state index in [4.69, 9.17) is 5.11 Å². The number of rotatable bonds is 7. The fourth-order valence-electron chi connectivity index (χ4n) is 1.64. The predicted molar refractivity (Wildman–Crippen MR) is 68.2 cm³/mol. The molecule has 0 aromatic heterocycles. The first-order valence-electron chi connectivity index (χ1n) is 5.78. The molecule has 102 valence electrons. The van der Waals surface area contributed by atoms with Crippen molar-refractivity contribution in [2.75, 3.05) is 12.4 Å². The van der Waals surface area contributed by atoms with Crippen LogP contribution >= 0.6 is 0 Å². The van der Waals surface area contributed by atoms with Gasteiger partial charge in [0.1, 0.15) is 5.82 Å². The fraction of sp³-hybridized carbons (Fsp3) is 0.500. The number of sulfonamides is 1. The van der Waals surface area contributed by atoms with Crippen molar-refractivity contribution in [2.24, 2.45) is 0 Å². The Morgan fingerprint density at radius 2 is 1.94 bits per heavy atom.